The van der Waals surface area contributed by atoms with E-state index >= 15 is 0 Å². The fourth-order valence-electron chi connectivity index (χ4n) is 1.82. The summed E-state index contributed by atoms with van der Waals surface area (Å²) < 4.78 is 5.14. The number of hydrogen-bond acceptors (Lipinski definition) is 3. The van der Waals surface area contributed by atoms with E-state index in [0.29, 0.717) is 6.54 Å². The van der Waals surface area contributed by atoms with Gasteiger partial charge in [-0.25, -0.2) is 5.48 Å². The second-order valence-electron chi connectivity index (χ2n) is 3.92. The SMILES string of the molecule is CCNOB(O)c1ccccc1-c1ccccc1. The number of rotatable bonds is 5. The predicted octanol–water partition coefficient (Wildman–Crippen LogP) is 1.58. The first-order valence-corrected chi connectivity index (χ1v) is 6.04. The standard InChI is InChI=1S/C14H16BNO2/c1-2-16-18-15(17)14-11-7-6-10-13(14)12-8-4-3-5-9-12/h3-11,16-17H,2H2,1H3. The number of hydrogen-bond donors (Lipinski definition) is 2. The summed E-state index contributed by atoms with van der Waals surface area (Å²) >= 11 is 0. The molecule has 0 saturated carbocycles. The van der Waals surface area contributed by atoms with Crippen LogP contribution in [0.2, 0.25) is 0 Å². The van der Waals surface area contributed by atoms with Crippen LogP contribution in [0.15, 0.2) is 54.6 Å². The first kappa shape index (κ1) is 12.8. The van der Waals surface area contributed by atoms with Gasteiger partial charge in [-0.15, -0.1) is 0 Å². The Morgan fingerprint density at radius 3 is 2.44 bits per heavy atom. The summed E-state index contributed by atoms with van der Waals surface area (Å²) in [5.74, 6) is 0. The highest BCUT2D eigenvalue weighted by molar-refractivity contribution is 6.61. The molecular weight excluding hydrogens is 225 g/mol. The van der Waals surface area contributed by atoms with Crippen LogP contribution in [0.3, 0.4) is 0 Å². The third-order valence-corrected chi connectivity index (χ3v) is 2.65. The number of hydroxylamine groups is 1. The molecule has 0 heterocycles. The maximum atomic E-state index is 10.0. The Morgan fingerprint density at radius 2 is 1.72 bits per heavy atom. The van der Waals surface area contributed by atoms with Gasteiger partial charge < -0.3 is 9.78 Å². The molecule has 2 aromatic rings. The number of nitrogens with one attached hydrogen (secondary N) is 1. The second-order valence-corrected chi connectivity index (χ2v) is 3.92. The highest BCUT2D eigenvalue weighted by atomic mass is 16.7. The molecule has 0 aliphatic rings. The fraction of sp³-hybridized carbons (Fsp3) is 0.143. The van der Waals surface area contributed by atoms with Crippen molar-refractivity contribution >= 4 is 12.6 Å². The normalized spacial score (nSPS) is 10.3. The van der Waals surface area contributed by atoms with E-state index in [1.807, 2.05) is 61.5 Å². The van der Waals surface area contributed by atoms with E-state index in [2.05, 4.69) is 5.48 Å². The van der Waals surface area contributed by atoms with Gasteiger partial charge in [0.2, 0.25) is 0 Å². The minimum absolute atomic E-state index is 0.643. The Hall–Kier alpha value is -1.62. The number of benzene rings is 2. The van der Waals surface area contributed by atoms with Gasteiger partial charge in [0.15, 0.2) is 0 Å². The highest BCUT2D eigenvalue weighted by Gasteiger charge is 2.20. The molecule has 0 aliphatic carbocycles. The fourth-order valence-corrected chi connectivity index (χ4v) is 1.82. The maximum absolute atomic E-state index is 10.0. The van der Waals surface area contributed by atoms with Gasteiger partial charge >= 0.3 is 7.12 Å². The lowest BCUT2D eigenvalue weighted by Crippen LogP contribution is -2.39. The van der Waals surface area contributed by atoms with Crippen LogP contribution in [0.25, 0.3) is 11.1 Å². The van der Waals surface area contributed by atoms with Crippen LogP contribution in [0.4, 0.5) is 0 Å². The van der Waals surface area contributed by atoms with Gasteiger partial charge in [0.1, 0.15) is 0 Å². The van der Waals surface area contributed by atoms with Crippen LogP contribution in [0.5, 0.6) is 0 Å². The van der Waals surface area contributed by atoms with Gasteiger partial charge in [-0.2, -0.15) is 0 Å². The Balaban J connectivity index is 2.31. The molecule has 2 N–H and O–H groups in total. The summed E-state index contributed by atoms with van der Waals surface area (Å²) in [5, 5.41) is 10.0. The van der Waals surface area contributed by atoms with Crippen molar-refractivity contribution in [2.24, 2.45) is 0 Å². The largest absolute Gasteiger partial charge is 0.509 e. The van der Waals surface area contributed by atoms with Crippen LogP contribution in [-0.4, -0.2) is 18.7 Å². The summed E-state index contributed by atoms with van der Waals surface area (Å²) in [5.41, 5.74) is 5.47. The molecule has 0 amide bonds. The van der Waals surface area contributed by atoms with E-state index in [0.717, 1.165) is 16.6 Å². The molecule has 2 rings (SSSR count). The summed E-state index contributed by atoms with van der Waals surface area (Å²) in [4.78, 5) is 0. The monoisotopic (exact) mass is 241 g/mol. The molecule has 0 saturated heterocycles. The molecule has 4 heteroatoms. The average molecular weight is 241 g/mol. The van der Waals surface area contributed by atoms with Gasteiger partial charge in [0, 0.05) is 6.54 Å². The highest BCUT2D eigenvalue weighted by Crippen LogP contribution is 2.16. The Morgan fingerprint density at radius 1 is 1.06 bits per heavy atom. The van der Waals surface area contributed by atoms with E-state index in [1.165, 1.54) is 0 Å². The molecule has 0 aromatic heterocycles. The van der Waals surface area contributed by atoms with E-state index in [9.17, 15) is 5.02 Å². The minimum atomic E-state index is -0.971. The van der Waals surface area contributed by atoms with Gasteiger partial charge in [-0.3, -0.25) is 0 Å². The van der Waals surface area contributed by atoms with Crippen molar-refractivity contribution in [3.63, 3.8) is 0 Å². The third kappa shape index (κ3) is 2.98. The molecular formula is C14H16BNO2. The summed E-state index contributed by atoms with van der Waals surface area (Å²) in [6, 6.07) is 17.6. The Bertz CT molecular complexity index is 490. The molecule has 2 aromatic carbocycles. The van der Waals surface area contributed by atoms with Crippen molar-refractivity contribution in [3.05, 3.63) is 54.6 Å². The second kappa shape index (κ2) is 6.35. The molecule has 18 heavy (non-hydrogen) atoms. The van der Waals surface area contributed by atoms with Gasteiger partial charge in [0.05, 0.1) is 0 Å². The van der Waals surface area contributed by atoms with Crippen molar-refractivity contribution in [3.8, 4) is 11.1 Å². The summed E-state index contributed by atoms with van der Waals surface area (Å²) in [7, 11) is -0.971. The van der Waals surface area contributed by atoms with E-state index in [4.69, 9.17) is 4.76 Å². The van der Waals surface area contributed by atoms with Crippen LogP contribution in [0.1, 0.15) is 6.92 Å². The molecule has 0 spiro atoms. The zero-order valence-electron chi connectivity index (χ0n) is 10.3. The van der Waals surface area contributed by atoms with Crippen molar-refractivity contribution < 1.29 is 9.78 Å². The molecule has 0 aliphatic heterocycles. The Kier molecular flexibility index (Phi) is 4.53. The van der Waals surface area contributed by atoms with Gasteiger partial charge in [-0.05, 0) is 16.6 Å². The van der Waals surface area contributed by atoms with Crippen molar-refractivity contribution in [1.29, 1.82) is 0 Å². The minimum Gasteiger partial charge on any atom is -0.422 e. The molecule has 0 bridgehead atoms. The average Bonchev–Trinajstić information content (AvgIpc) is 2.45. The topological polar surface area (TPSA) is 41.5 Å². The lowest BCUT2D eigenvalue weighted by molar-refractivity contribution is 0.170. The predicted molar refractivity (Wildman–Crippen MR) is 74.2 cm³/mol. The molecule has 0 atom stereocenters. The molecule has 3 nitrogen and oxygen atoms in total. The summed E-state index contributed by atoms with van der Waals surface area (Å²) in [6.07, 6.45) is 0. The molecule has 0 unspecified atom stereocenters. The van der Waals surface area contributed by atoms with Crippen molar-refractivity contribution in [2.75, 3.05) is 6.54 Å². The zero-order chi connectivity index (χ0) is 12.8. The first-order valence-electron chi connectivity index (χ1n) is 6.04. The van der Waals surface area contributed by atoms with Crippen molar-refractivity contribution in [2.45, 2.75) is 6.92 Å². The van der Waals surface area contributed by atoms with Crippen LogP contribution in [-0.2, 0) is 4.76 Å². The quantitative estimate of drug-likeness (QED) is 0.616. The lowest BCUT2D eigenvalue weighted by atomic mass is 9.75. The Labute approximate surface area is 108 Å². The lowest BCUT2D eigenvalue weighted by Gasteiger charge is -2.12. The van der Waals surface area contributed by atoms with E-state index < -0.39 is 7.12 Å². The molecule has 0 fully saturated rings. The smallest absolute Gasteiger partial charge is 0.422 e. The maximum Gasteiger partial charge on any atom is 0.509 e. The van der Waals surface area contributed by atoms with Crippen LogP contribution >= 0.6 is 0 Å². The summed E-state index contributed by atoms with van der Waals surface area (Å²) in [6.45, 7) is 2.56. The molecule has 92 valence electrons. The first-order chi connectivity index (χ1) is 8.83. The van der Waals surface area contributed by atoms with Crippen LogP contribution in [0, 0.1) is 0 Å². The van der Waals surface area contributed by atoms with Crippen LogP contribution < -0.4 is 10.9 Å². The van der Waals surface area contributed by atoms with Crippen molar-refractivity contribution in [1.82, 2.24) is 5.48 Å². The van der Waals surface area contributed by atoms with Gasteiger partial charge in [0.25, 0.3) is 0 Å². The third-order valence-electron chi connectivity index (χ3n) is 2.65. The van der Waals surface area contributed by atoms with E-state index in [-0.39, 0.29) is 0 Å². The molecule has 0 radical (unpaired) electrons. The van der Waals surface area contributed by atoms with E-state index in [1.54, 1.807) is 0 Å². The zero-order valence-corrected chi connectivity index (χ0v) is 10.3. The van der Waals surface area contributed by atoms with Gasteiger partial charge in [-0.1, -0.05) is 61.5 Å².